The van der Waals surface area contributed by atoms with Crippen LogP contribution >= 0.6 is 22.6 Å². The van der Waals surface area contributed by atoms with Crippen molar-refractivity contribution in [2.75, 3.05) is 12.4 Å². The lowest BCUT2D eigenvalue weighted by molar-refractivity contribution is 0.0601. The zero-order valence-electron chi connectivity index (χ0n) is 18.6. The largest absolute Gasteiger partial charge is 0.465 e. The van der Waals surface area contributed by atoms with Gasteiger partial charge in [-0.2, -0.15) is 19.1 Å². The third kappa shape index (κ3) is 6.37. The van der Waals surface area contributed by atoms with Crippen LogP contribution in [0, 0.1) is 27.9 Å². The number of nitrogens with zero attached hydrogens (tertiary/aromatic N) is 3. The van der Waals surface area contributed by atoms with E-state index < -0.39 is 50.3 Å². The van der Waals surface area contributed by atoms with Crippen LogP contribution in [-0.4, -0.2) is 27.7 Å². The van der Waals surface area contributed by atoms with Crippen molar-refractivity contribution in [1.82, 2.24) is 5.53 Å². The highest BCUT2D eigenvalue weighted by molar-refractivity contribution is 14.1. The summed E-state index contributed by atoms with van der Waals surface area (Å²) in [5.74, 6) is -4.71. The van der Waals surface area contributed by atoms with Gasteiger partial charge in [-0.15, -0.1) is 0 Å². The van der Waals surface area contributed by atoms with Crippen LogP contribution in [-0.2, 0) is 14.8 Å². The number of hydrogen-bond donors (Lipinski definition) is 2. The van der Waals surface area contributed by atoms with Gasteiger partial charge in [-0.1, -0.05) is 17.7 Å². The molecule has 36 heavy (non-hydrogen) atoms. The van der Waals surface area contributed by atoms with E-state index in [1.54, 1.807) is 19.1 Å². The number of rotatable bonds is 8. The third-order valence-electron chi connectivity index (χ3n) is 4.60. The Balaban J connectivity index is 1.86. The van der Waals surface area contributed by atoms with Crippen molar-refractivity contribution in [2.24, 2.45) is 14.8 Å². The second-order valence-corrected chi connectivity index (χ2v) is 9.92. The predicted molar refractivity (Wildman–Crippen MR) is 134 cm³/mol. The smallest absolute Gasteiger partial charge is 0.340 e. The van der Waals surface area contributed by atoms with Crippen LogP contribution in [0.1, 0.15) is 21.5 Å². The highest BCUT2D eigenvalue weighted by Gasteiger charge is 2.23. The molecule has 0 heterocycles. The number of esters is 1. The maximum Gasteiger partial charge on any atom is 0.340 e. The first-order valence-corrected chi connectivity index (χ1v) is 12.4. The van der Waals surface area contributed by atoms with Crippen molar-refractivity contribution < 1.29 is 31.1 Å². The number of aryl methyl sites for hydroxylation is 1. The summed E-state index contributed by atoms with van der Waals surface area (Å²) >= 11 is 1.88. The summed E-state index contributed by atoms with van der Waals surface area (Å²) in [5.41, 5.74) is 0.976. The number of anilines is 2. The summed E-state index contributed by atoms with van der Waals surface area (Å²) in [7, 11) is -3.08. The molecule has 0 spiro atoms. The summed E-state index contributed by atoms with van der Waals surface area (Å²) in [6.07, 6.45) is 0.748. The number of sulfonamides is 1. The molecule has 0 saturated heterocycles. The van der Waals surface area contributed by atoms with Gasteiger partial charge in [0.25, 0.3) is 0 Å². The van der Waals surface area contributed by atoms with Gasteiger partial charge in [-0.05, 0) is 75.7 Å². The van der Waals surface area contributed by atoms with E-state index in [2.05, 4.69) is 24.9 Å². The fourth-order valence-corrected chi connectivity index (χ4v) is 3.98. The summed E-state index contributed by atoms with van der Waals surface area (Å²) in [6.45, 7) is 1.78. The molecule has 2 N–H and O–H groups in total. The summed E-state index contributed by atoms with van der Waals surface area (Å²) < 4.78 is 76.4. The second kappa shape index (κ2) is 11.5. The molecule has 0 fully saturated rings. The molecule has 9 nitrogen and oxygen atoms in total. The van der Waals surface area contributed by atoms with Gasteiger partial charge in [0, 0.05) is 9.13 Å². The molecule has 0 aliphatic carbocycles. The normalized spacial score (nSPS) is 11.7. The van der Waals surface area contributed by atoms with Gasteiger partial charge in [-0.25, -0.2) is 18.0 Å². The lowest BCUT2D eigenvalue weighted by Crippen LogP contribution is -2.12. The van der Waals surface area contributed by atoms with Gasteiger partial charge < -0.3 is 10.1 Å². The van der Waals surface area contributed by atoms with Crippen LogP contribution < -0.4 is 10.9 Å². The van der Waals surface area contributed by atoms with Crippen molar-refractivity contribution >= 4 is 56.2 Å². The van der Waals surface area contributed by atoms with Crippen LogP contribution in [0.3, 0.4) is 0 Å². The Hall–Kier alpha value is -3.53. The summed E-state index contributed by atoms with van der Waals surface area (Å²) in [5, 5.41) is 9.05. The van der Waals surface area contributed by atoms with Gasteiger partial charge >= 0.3 is 16.0 Å². The van der Waals surface area contributed by atoms with Crippen molar-refractivity contribution in [3.8, 4) is 0 Å². The van der Waals surface area contributed by atoms with E-state index in [0.717, 1.165) is 31.0 Å². The number of ether oxygens (including phenoxy) is 1. The number of carbonyl (C=O) groups is 1. The number of benzene rings is 3. The minimum Gasteiger partial charge on any atom is -0.465 e. The lowest BCUT2D eigenvalue weighted by atomic mass is 10.1. The van der Waals surface area contributed by atoms with E-state index in [1.165, 1.54) is 24.3 Å². The second-order valence-electron chi connectivity index (χ2n) is 7.09. The molecule has 188 valence electrons. The summed E-state index contributed by atoms with van der Waals surface area (Å²) in [4.78, 5) is 12.1. The SMILES string of the molecule is COC(=O)c1cc(/C=N/N/N=N/S(=O)(=O)c2ccc(C)cc2)c(F)c(F)c1Nc1ccc(I)cc1F. The van der Waals surface area contributed by atoms with Gasteiger partial charge in [0.05, 0.1) is 35.2 Å². The molecule has 0 saturated carbocycles. The molecule has 0 aromatic heterocycles. The molecule has 3 rings (SSSR count). The van der Waals surface area contributed by atoms with Crippen molar-refractivity contribution in [3.05, 3.63) is 86.2 Å². The number of hydrogen-bond acceptors (Lipinski definition) is 7. The molecule has 3 aromatic carbocycles. The first-order valence-electron chi connectivity index (χ1n) is 9.87. The molecule has 0 unspecified atom stereocenters. The number of halogens is 4. The van der Waals surface area contributed by atoms with Crippen LogP contribution in [0.25, 0.3) is 0 Å². The van der Waals surface area contributed by atoms with Crippen LogP contribution in [0.5, 0.6) is 0 Å². The van der Waals surface area contributed by atoms with Crippen molar-refractivity contribution in [1.29, 1.82) is 0 Å². The van der Waals surface area contributed by atoms with E-state index in [9.17, 15) is 26.4 Å². The molecule has 0 aliphatic heterocycles. The minimum atomic E-state index is -4.11. The molecule has 14 heteroatoms. The first kappa shape index (κ1) is 27.1. The fraction of sp³-hybridized carbons (Fsp3) is 0.0909. The first-order chi connectivity index (χ1) is 17.0. The maximum atomic E-state index is 14.9. The number of carbonyl (C=O) groups excluding carboxylic acids is 1. The highest BCUT2D eigenvalue weighted by Crippen LogP contribution is 2.30. The minimum absolute atomic E-state index is 0.105. The Bertz CT molecular complexity index is 1470. The molecule has 0 bridgehead atoms. The lowest BCUT2D eigenvalue weighted by Gasteiger charge is -2.14. The van der Waals surface area contributed by atoms with Gasteiger partial charge in [0.1, 0.15) is 5.82 Å². The molecule has 0 aliphatic rings. The van der Waals surface area contributed by atoms with Crippen LogP contribution in [0.4, 0.5) is 24.5 Å². The van der Waals surface area contributed by atoms with E-state index in [-0.39, 0.29) is 10.6 Å². The van der Waals surface area contributed by atoms with Crippen LogP contribution in [0.2, 0.25) is 0 Å². The predicted octanol–water partition coefficient (Wildman–Crippen LogP) is 5.23. The molecule has 0 atom stereocenters. The van der Waals surface area contributed by atoms with E-state index in [0.29, 0.717) is 3.57 Å². The number of nitrogens with one attached hydrogen (secondary N) is 2. The maximum absolute atomic E-state index is 14.9. The van der Waals surface area contributed by atoms with Crippen LogP contribution in [0.15, 0.2) is 68.3 Å². The average Bonchev–Trinajstić information content (AvgIpc) is 2.84. The fourth-order valence-electron chi connectivity index (χ4n) is 2.81. The topological polar surface area (TPSA) is 122 Å². The highest BCUT2D eigenvalue weighted by atomic mass is 127. The number of hydrazone groups is 1. The van der Waals surface area contributed by atoms with Gasteiger partial charge in [-0.3, -0.25) is 0 Å². The monoisotopic (exact) mass is 631 g/mol. The zero-order valence-corrected chi connectivity index (χ0v) is 21.6. The van der Waals surface area contributed by atoms with Gasteiger partial charge in [0.15, 0.2) is 11.6 Å². The molecular formula is C22H17F3IN5O4S. The number of methoxy groups -OCH3 is 1. The Labute approximate surface area is 217 Å². The van der Waals surface area contributed by atoms with Gasteiger partial charge in [0.2, 0.25) is 0 Å². The van der Waals surface area contributed by atoms with Crippen molar-refractivity contribution in [3.63, 3.8) is 0 Å². The quantitative estimate of drug-likeness (QED) is 0.116. The van der Waals surface area contributed by atoms with Crippen molar-refractivity contribution in [2.45, 2.75) is 11.8 Å². The Morgan fingerprint density at radius 1 is 1.06 bits per heavy atom. The third-order valence-corrected chi connectivity index (χ3v) is 6.44. The van der Waals surface area contributed by atoms with E-state index in [1.807, 2.05) is 28.1 Å². The molecular weight excluding hydrogens is 614 g/mol. The Kier molecular flexibility index (Phi) is 8.62. The molecule has 0 radical (unpaired) electrons. The molecule has 0 amide bonds. The standard InChI is InChI=1S/C22H17F3IN5O4S/c1-12-3-6-15(7-4-12)36(33,34)31-30-29-27-11-13-9-16(22(32)35-2)21(20(25)19(13)24)28-18-8-5-14(26)10-17(18)23/h3-11,28H,1-2H3,(H,29,31)/b27-11+. The Morgan fingerprint density at radius 3 is 2.39 bits per heavy atom. The van der Waals surface area contributed by atoms with E-state index in [4.69, 9.17) is 0 Å². The zero-order chi connectivity index (χ0) is 26.5. The van der Waals surface area contributed by atoms with E-state index >= 15 is 0 Å². The summed E-state index contributed by atoms with van der Waals surface area (Å²) in [6, 6.07) is 10.8. The Morgan fingerprint density at radius 2 is 1.75 bits per heavy atom. The average molecular weight is 631 g/mol. The molecule has 3 aromatic rings.